The third-order valence-electron chi connectivity index (χ3n) is 6.70. The molecule has 4 nitrogen and oxygen atoms in total. The Labute approximate surface area is 193 Å². The van der Waals surface area contributed by atoms with E-state index < -0.39 is 0 Å². The average Bonchev–Trinajstić information content (AvgIpc) is 3.06. The van der Waals surface area contributed by atoms with Crippen molar-refractivity contribution in [1.29, 1.82) is 0 Å². The van der Waals surface area contributed by atoms with Gasteiger partial charge in [0.05, 0.1) is 18.5 Å². The number of carbonyl (C=O) groups excluding carboxylic acids is 1. The van der Waals surface area contributed by atoms with Gasteiger partial charge in [-0.2, -0.15) is 0 Å². The second-order valence-corrected chi connectivity index (χ2v) is 9.77. The van der Waals surface area contributed by atoms with E-state index in [0.29, 0.717) is 5.71 Å². The van der Waals surface area contributed by atoms with Crippen molar-refractivity contribution < 1.29 is 9.53 Å². The Morgan fingerprint density at radius 1 is 0.969 bits per heavy atom. The molecule has 2 heterocycles. The second-order valence-electron chi connectivity index (χ2n) is 9.33. The molecular formula is C27H25ClN2O2. The van der Waals surface area contributed by atoms with Crippen molar-refractivity contribution in [2.75, 3.05) is 12.0 Å². The summed E-state index contributed by atoms with van der Waals surface area (Å²) in [5.74, 6) is 0.709. The van der Waals surface area contributed by atoms with Crippen LogP contribution >= 0.6 is 11.6 Å². The molecule has 5 rings (SSSR count). The van der Waals surface area contributed by atoms with Gasteiger partial charge >= 0.3 is 0 Å². The van der Waals surface area contributed by atoms with Gasteiger partial charge in [-0.15, -0.1) is 0 Å². The van der Waals surface area contributed by atoms with E-state index >= 15 is 0 Å². The van der Waals surface area contributed by atoms with E-state index in [1.807, 2.05) is 53.4 Å². The number of hydrogen-bond acceptors (Lipinski definition) is 3. The Bertz CT molecular complexity index is 1250. The van der Waals surface area contributed by atoms with Crippen LogP contribution in [0.15, 0.2) is 71.7 Å². The van der Waals surface area contributed by atoms with Crippen LogP contribution in [0.25, 0.3) is 0 Å². The minimum Gasteiger partial charge on any atom is -0.497 e. The number of anilines is 1. The summed E-state index contributed by atoms with van der Waals surface area (Å²) < 4.78 is 5.24. The summed E-state index contributed by atoms with van der Waals surface area (Å²) in [5.41, 5.74) is 4.76. The maximum atomic E-state index is 13.7. The standard InChI is InChI=1S/C27H25ClN2O2/c1-26(2)16-27(3,17-8-10-18(28)11-9-17)22-7-5-6-21-23(25(31)30(26)24(21)22)29-19-12-14-20(32-4)15-13-19/h5-15H,16H2,1-4H3. The third-order valence-corrected chi connectivity index (χ3v) is 6.95. The van der Waals surface area contributed by atoms with E-state index in [-0.39, 0.29) is 16.9 Å². The molecule has 162 valence electrons. The number of halogens is 1. The van der Waals surface area contributed by atoms with Crippen molar-refractivity contribution in [2.24, 2.45) is 4.99 Å². The van der Waals surface area contributed by atoms with Crippen LogP contribution in [0.3, 0.4) is 0 Å². The summed E-state index contributed by atoms with van der Waals surface area (Å²) in [6, 6.07) is 21.7. The first-order valence-corrected chi connectivity index (χ1v) is 11.1. The first kappa shape index (κ1) is 20.8. The number of rotatable bonds is 3. The molecule has 3 aromatic carbocycles. The molecule has 5 heteroatoms. The highest BCUT2D eigenvalue weighted by Gasteiger charge is 2.53. The molecule has 0 spiro atoms. The van der Waals surface area contributed by atoms with Gasteiger partial charge in [0.25, 0.3) is 5.91 Å². The van der Waals surface area contributed by atoms with Gasteiger partial charge in [-0.05, 0) is 67.8 Å². The van der Waals surface area contributed by atoms with Gasteiger partial charge in [0.2, 0.25) is 0 Å². The Morgan fingerprint density at radius 3 is 2.31 bits per heavy atom. The Hall–Kier alpha value is -3.11. The molecule has 0 aromatic heterocycles. The van der Waals surface area contributed by atoms with Crippen molar-refractivity contribution >= 4 is 34.6 Å². The minimum absolute atomic E-state index is 0.0496. The van der Waals surface area contributed by atoms with Crippen molar-refractivity contribution in [2.45, 2.75) is 38.1 Å². The zero-order valence-electron chi connectivity index (χ0n) is 18.6. The molecule has 1 amide bonds. The van der Waals surface area contributed by atoms with E-state index in [9.17, 15) is 4.79 Å². The quantitative estimate of drug-likeness (QED) is 0.475. The van der Waals surface area contributed by atoms with Crippen molar-refractivity contribution in [3.63, 3.8) is 0 Å². The number of nitrogens with zero attached hydrogens (tertiary/aromatic N) is 2. The molecule has 3 aromatic rings. The summed E-state index contributed by atoms with van der Waals surface area (Å²) in [6.07, 6.45) is 0.791. The number of para-hydroxylation sites is 1. The number of benzene rings is 3. The van der Waals surface area contributed by atoms with Crippen LogP contribution in [0.5, 0.6) is 5.75 Å². The molecule has 0 radical (unpaired) electrons. The molecule has 1 atom stereocenters. The molecule has 1 unspecified atom stereocenters. The number of ether oxygens (including phenoxy) is 1. The lowest BCUT2D eigenvalue weighted by molar-refractivity contribution is -0.113. The minimum atomic E-state index is -0.383. The predicted molar refractivity (Wildman–Crippen MR) is 130 cm³/mol. The second kappa shape index (κ2) is 7.21. The van der Waals surface area contributed by atoms with Crippen molar-refractivity contribution in [1.82, 2.24) is 0 Å². The highest BCUT2D eigenvalue weighted by Crippen LogP contribution is 2.54. The number of methoxy groups -OCH3 is 1. The lowest BCUT2D eigenvalue weighted by Gasteiger charge is -2.49. The Kier molecular flexibility index (Phi) is 4.68. The van der Waals surface area contributed by atoms with Gasteiger partial charge < -0.3 is 9.64 Å². The SMILES string of the molecule is COc1ccc(N=C2C(=O)N3c4c2cccc4C(C)(c2ccc(Cl)cc2)CC3(C)C)cc1. The summed E-state index contributed by atoms with van der Waals surface area (Å²) in [7, 11) is 1.63. The van der Waals surface area contributed by atoms with Crippen LogP contribution in [-0.4, -0.2) is 24.3 Å². The van der Waals surface area contributed by atoms with E-state index in [0.717, 1.165) is 39.7 Å². The smallest absolute Gasteiger partial charge is 0.278 e. The van der Waals surface area contributed by atoms with Gasteiger partial charge in [0.1, 0.15) is 11.5 Å². The fourth-order valence-electron chi connectivity index (χ4n) is 5.33. The van der Waals surface area contributed by atoms with Gasteiger partial charge in [-0.3, -0.25) is 4.79 Å². The molecule has 32 heavy (non-hydrogen) atoms. The van der Waals surface area contributed by atoms with Crippen LogP contribution in [0.4, 0.5) is 11.4 Å². The molecule has 0 saturated heterocycles. The Morgan fingerprint density at radius 2 is 1.66 bits per heavy atom. The first-order valence-electron chi connectivity index (χ1n) is 10.7. The van der Waals surface area contributed by atoms with Gasteiger partial charge in [0, 0.05) is 21.5 Å². The molecule has 0 aliphatic carbocycles. The van der Waals surface area contributed by atoms with Gasteiger partial charge in [-0.1, -0.05) is 48.9 Å². The van der Waals surface area contributed by atoms with Crippen LogP contribution in [0.1, 0.15) is 43.9 Å². The fraction of sp³-hybridized carbons (Fsp3) is 0.259. The lowest BCUT2D eigenvalue weighted by atomic mass is 9.65. The highest BCUT2D eigenvalue weighted by molar-refractivity contribution is 6.55. The number of amides is 1. The van der Waals surface area contributed by atoms with Crippen LogP contribution in [0.2, 0.25) is 5.02 Å². The zero-order chi connectivity index (χ0) is 22.7. The monoisotopic (exact) mass is 444 g/mol. The number of aliphatic imine (C=N–C) groups is 1. The highest BCUT2D eigenvalue weighted by atomic mass is 35.5. The molecule has 0 fully saturated rings. The van der Waals surface area contributed by atoms with E-state index in [2.05, 4.69) is 39.0 Å². The van der Waals surface area contributed by atoms with E-state index in [1.54, 1.807) is 7.11 Å². The first-order chi connectivity index (χ1) is 15.2. The van der Waals surface area contributed by atoms with E-state index in [4.69, 9.17) is 21.3 Å². The topological polar surface area (TPSA) is 41.9 Å². The fourth-order valence-corrected chi connectivity index (χ4v) is 5.46. The van der Waals surface area contributed by atoms with Crippen LogP contribution < -0.4 is 9.64 Å². The summed E-state index contributed by atoms with van der Waals surface area (Å²) in [6.45, 7) is 6.53. The third kappa shape index (κ3) is 3.05. The van der Waals surface area contributed by atoms with E-state index in [1.165, 1.54) is 5.56 Å². The van der Waals surface area contributed by atoms with Crippen LogP contribution in [-0.2, 0) is 10.2 Å². The normalized spacial score (nSPS) is 22.2. The lowest BCUT2D eigenvalue weighted by Crippen LogP contribution is -2.54. The molecule has 2 aliphatic rings. The number of hydrogen-bond donors (Lipinski definition) is 0. The molecule has 0 N–H and O–H groups in total. The largest absolute Gasteiger partial charge is 0.497 e. The zero-order valence-corrected chi connectivity index (χ0v) is 19.4. The maximum absolute atomic E-state index is 13.7. The predicted octanol–water partition coefficient (Wildman–Crippen LogP) is 6.30. The summed E-state index contributed by atoms with van der Waals surface area (Å²) in [4.78, 5) is 20.4. The molecular weight excluding hydrogens is 420 g/mol. The number of carbonyl (C=O) groups is 1. The van der Waals surface area contributed by atoms with Gasteiger partial charge in [0.15, 0.2) is 0 Å². The average molecular weight is 445 g/mol. The maximum Gasteiger partial charge on any atom is 0.278 e. The van der Waals surface area contributed by atoms with Crippen molar-refractivity contribution in [3.8, 4) is 5.75 Å². The van der Waals surface area contributed by atoms with Gasteiger partial charge in [-0.25, -0.2) is 4.99 Å². The Balaban J connectivity index is 1.70. The molecule has 0 saturated carbocycles. The molecule has 2 aliphatic heterocycles. The van der Waals surface area contributed by atoms with Crippen molar-refractivity contribution in [3.05, 3.63) is 88.4 Å². The molecule has 0 bridgehead atoms. The summed E-state index contributed by atoms with van der Waals surface area (Å²) in [5, 5.41) is 0.719. The summed E-state index contributed by atoms with van der Waals surface area (Å²) >= 11 is 6.17. The van der Waals surface area contributed by atoms with Crippen LogP contribution in [0, 0.1) is 0 Å².